The number of hydrogen-bond donors (Lipinski definition) is 2. The molecule has 0 spiro atoms. The highest BCUT2D eigenvalue weighted by Gasteiger charge is 2.11. The molecule has 0 fully saturated rings. The topological polar surface area (TPSA) is 46.2 Å². The maximum Gasteiger partial charge on any atom is 0.140 e. The van der Waals surface area contributed by atoms with Crippen LogP contribution in [0.5, 0.6) is 5.75 Å². The number of fused-ring (bicyclic) bond motifs is 1. The van der Waals surface area contributed by atoms with Crippen LogP contribution in [0.4, 0.5) is 5.69 Å². The van der Waals surface area contributed by atoms with Gasteiger partial charge in [-0.15, -0.1) is 0 Å². The molecule has 0 saturated carbocycles. The number of nitrogens with zero attached hydrogens (tertiary/aromatic N) is 1. The van der Waals surface area contributed by atoms with E-state index < -0.39 is 0 Å². The summed E-state index contributed by atoms with van der Waals surface area (Å²) >= 11 is 6.36. The SMILES string of the molecule is CCNCCCCCCNc1cc(OC)c(Cl)c2cccnc12. The quantitative estimate of drug-likeness (QED) is 0.628. The van der Waals surface area contributed by atoms with E-state index in [1.807, 2.05) is 18.2 Å². The van der Waals surface area contributed by atoms with E-state index in [2.05, 4.69) is 22.5 Å². The van der Waals surface area contributed by atoms with Gasteiger partial charge in [-0.2, -0.15) is 0 Å². The van der Waals surface area contributed by atoms with E-state index in [9.17, 15) is 0 Å². The molecule has 0 aliphatic rings. The van der Waals surface area contributed by atoms with Crippen molar-refractivity contribution in [3.63, 3.8) is 0 Å². The number of aromatic nitrogens is 1. The molecule has 0 aliphatic heterocycles. The number of unbranched alkanes of at least 4 members (excludes halogenated alkanes) is 3. The first-order valence-electron chi connectivity index (χ1n) is 8.33. The van der Waals surface area contributed by atoms with E-state index in [1.165, 1.54) is 19.3 Å². The van der Waals surface area contributed by atoms with Crippen LogP contribution in [0.25, 0.3) is 10.9 Å². The summed E-state index contributed by atoms with van der Waals surface area (Å²) < 4.78 is 5.37. The van der Waals surface area contributed by atoms with Gasteiger partial charge in [0.1, 0.15) is 5.75 Å². The van der Waals surface area contributed by atoms with Gasteiger partial charge in [-0.25, -0.2) is 0 Å². The monoisotopic (exact) mass is 335 g/mol. The molecule has 4 nitrogen and oxygen atoms in total. The van der Waals surface area contributed by atoms with Crippen LogP contribution in [0.3, 0.4) is 0 Å². The molecule has 1 heterocycles. The van der Waals surface area contributed by atoms with Gasteiger partial charge in [0.25, 0.3) is 0 Å². The minimum Gasteiger partial charge on any atom is -0.495 e. The minimum atomic E-state index is 0.615. The number of rotatable bonds is 10. The largest absolute Gasteiger partial charge is 0.495 e. The molecule has 1 aromatic carbocycles. The molecule has 0 radical (unpaired) electrons. The van der Waals surface area contributed by atoms with Crippen LogP contribution >= 0.6 is 11.6 Å². The zero-order valence-corrected chi connectivity index (χ0v) is 14.7. The standard InChI is InChI=1S/C18H26ClN3O/c1-3-20-10-6-4-5-7-11-21-15-13-16(23-2)17(19)14-9-8-12-22-18(14)15/h8-9,12-13,20-21H,3-7,10-11H2,1-2H3. The summed E-state index contributed by atoms with van der Waals surface area (Å²) in [5.74, 6) is 0.681. The minimum absolute atomic E-state index is 0.615. The van der Waals surface area contributed by atoms with Crippen LogP contribution in [-0.2, 0) is 0 Å². The van der Waals surface area contributed by atoms with Crippen LogP contribution in [-0.4, -0.2) is 31.7 Å². The lowest BCUT2D eigenvalue weighted by Crippen LogP contribution is -2.13. The second kappa shape index (κ2) is 9.58. The van der Waals surface area contributed by atoms with Gasteiger partial charge in [-0.1, -0.05) is 31.4 Å². The summed E-state index contributed by atoms with van der Waals surface area (Å²) in [6, 6.07) is 5.80. The van der Waals surface area contributed by atoms with Crippen molar-refractivity contribution in [1.82, 2.24) is 10.3 Å². The molecular formula is C18H26ClN3O. The Morgan fingerprint density at radius 1 is 1.17 bits per heavy atom. The van der Waals surface area contributed by atoms with Gasteiger partial charge < -0.3 is 15.4 Å². The van der Waals surface area contributed by atoms with E-state index in [0.717, 1.165) is 42.6 Å². The number of ether oxygens (including phenoxy) is 1. The second-order valence-electron chi connectivity index (χ2n) is 5.53. The fraction of sp³-hybridized carbons (Fsp3) is 0.500. The summed E-state index contributed by atoms with van der Waals surface area (Å²) in [6.45, 7) is 5.24. The highest BCUT2D eigenvalue weighted by Crippen LogP contribution is 2.36. The fourth-order valence-electron chi connectivity index (χ4n) is 2.60. The van der Waals surface area contributed by atoms with E-state index in [1.54, 1.807) is 13.3 Å². The zero-order chi connectivity index (χ0) is 16.5. The van der Waals surface area contributed by atoms with Crippen LogP contribution in [0.1, 0.15) is 32.6 Å². The smallest absolute Gasteiger partial charge is 0.140 e. The maximum absolute atomic E-state index is 6.36. The van der Waals surface area contributed by atoms with Gasteiger partial charge in [-0.05, 0) is 38.1 Å². The Morgan fingerprint density at radius 2 is 1.96 bits per heavy atom. The first-order chi connectivity index (χ1) is 11.3. The number of pyridine rings is 1. The molecular weight excluding hydrogens is 310 g/mol. The van der Waals surface area contributed by atoms with E-state index in [0.29, 0.717) is 10.8 Å². The lowest BCUT2D eigenvalue weighted by atomic mass is 10.1. The van der Waals surface area contributed by atoms with E-state index in [4.69, 9.17) is 16.3 Å². The van der Waals surface area contributed by atoms with Crippen LogP contribution in [0, 0.1) is 0 Å². The molecule has 2 rings (SSSR count). The van der Waals surface area contributed by atoms with Crippen molar-refractivity contribution in [2.45, 2.75) is 32.6 Å². The lowest BCUT2D eigenvalue weighted by Gasteiger charge is -2.13. The first kappa shape index (κ1) is 17.8. The number of benzene rings is 1. The molecule has 0 amide bonds. The van der Waals surface area contributed by atoms with Crippen molar-refractivity contribution in [3.8, 4) is 5.75 Å². The van der Waals surface area contributed by atoms with Crippen molar-refractivity contribution in [1.29, 1.82) is 0 Å². The van der Waals surface area contributed by atoms with Gasteiger partial charge in [-0.3, -0.25) is 4.98 Å². The van der Waals surface area contributed by atoms with E-state index >= 15 is 0 Å². The summed E-state index contributed by atoms with van der Waals surface area (Å²) in [5.41, 5.74) is 1.87. The van der Waals surface area contributed by atoms with Crippen molar-refractivity contribution in [3.05, 3.63) is 29.4 Å². The van der Waals surface area contributed by atoms with Crippen molar-refractivity contribution < 1.29 is 4.74 Å². The third-order valence-corrected chi connectivity index (χ3v) is 4.25. The molecule has 126 valence electrons. The van der Waals surface area contributed by atoms with Crippen molar-refractivity contribution >= 4 is 28.2 Å². The molecule has 0 atom stereocenters. The number of nitrogens with one attached hydrogen (secondary N) is 2. The Morgan fingerprint density at radius 3 is 2.70 bits per heavy atom. The lowest BCUT2D eigenvalue weighted by molar-refractivity contribution is 0.416. The maximum atomic E-state index is 6.36. The summed E-state index contributed by atoms with van der Waals surface area (Å²) in [4.78, 5) is 4.46. The third-order valence-electron chi connectivity index (χ3n) is 3.86. The number of methoxy groups -OCH3 is 1. The average molecular weight is 336 g/mol. The fourth-order valence-corrected chi connectivity index (χ4v) is 2.89. The second-order valence-corrected chi connectivity index (χ2v) is 5.91. The molecule has 1 aromatic heterocycles. The molecule has 0 aliphatic carbocycles. The predicted octanol–water partition coefficient (Wildman–Crippen LogP) is 4.48. The molecule has 0 unspecified atom stereocenters. The van der Waals surface area contributed by atoms with Crippen LogP contribution < -0.4 is 15.4 Å². The Bertz CT molecular complexity index is 618. The zero-order valence-electron chi connectivity index (χ0n) is 14.0. The molecule has 0 saturated heterocycles. The Kier molecular flexibility index (Phi) is 7.43. The van der Waals surface area contributed by atoms with Gasteiger partial charge in [0.05, 0.1) is 23.3 Å². The third kappa shape index (κ3) is 4.98. The first-order valence-corrected chi connectivity index (χ1v) is 8.71. The Labute approximate surface area is 143 Å². The number of hydrogen-bond acceptors (Lipinski definition) is 4. The Hall–Kier alpha value is -1.52. The molecule has 2 N–H and O–H groups in total. The van der Waals surface area contributed by atoms with Crippen LogP contribution in [0.2, 0.25) is 5.02 Å². The average Bonchev–Trinajstić information content (AvgIpc) is 2.59. The van der Waals surface area contributed by atoms with Gasteiger partial charge in [0.15, 0.2) is 0 Å². The highest BCUT2D eigenvalue weighted by atomic mass is 35.5. The molecule has 23 heavy (non-hydrogen) atoms. The van der Waals surface area contributed by atoms with Gasteiger partial charge >= 0.3 is 0 Å². The van der Waals surface area contributed by atoms with E-state index in [-0.39, 0.29) is 0 Å². The number of anilines is 1. The van der Waals surface area contributed by atoms with Crippen LogP contribution in [0.15, 0.2) is 24.4 Å². The summed E-state index contributed by atoms with van der Waals surface area (Å²) in [7, 11) is 1.64. The predicted molar refractivity (Wildman–Crippen MR) is 98.8 cm³/mol. The van der Waals surface area contributed by atoms with Crippen molar-refractivity contribution in [2.75, 3.05) is 32.1 Å². The Balaban J connectivity index is 1.91. The van der Waals surface area contributed by atoms with Crippen molar-refractivity contribution in [2.24, 2.45) is 0 Å². The normalized spacial score (nSPS) is 10.9. The molecule has 5 heteroatoms. The molecule has 2 aromatic rings. The number of halogens is 1. The van der Waals surface area contributed by atoms with Gasteiger partial charge in [0, 0.05) is 24.2 Å². The highest BCUT2D eigenvalue weighted by molar-refractivity contribution is 6.37. The molecule has 0 bridgehead atoms. The van der Waals surface area contributed by atoms with Gasteiger partial charge in [0.2, 0.25) is 0 Å². The summed E-state index contributed by atoms with van der Waals surface area (Å²) in [6.07, 6.45) is 6.67. The summed E-state index contributed by atoms with van der Waals surface area (Å²) in [5, 5.41) is 8.36.